The van der Waals surface area contributed by atoms with E-state index in [1.807, 2.05) is 7.05 Å². The number of nitrogens with one attached hydrogen (secondary N) is 1. The minimum atomic E-state index is 0.245. The maximum absolute atomic E-state index is 5.86. The zero-order valence-electron chi connectivity index (χ0n) is 9.37. The Bertz CT molecular complexity index is 481. The number of halogens is 1. The van der Waals surface area contributed by atoms with E-state index in [9.17, 15) is 0 Å². The fourth-order valence-electron chi connectivity index (χ4n) is 1.59. The summed E-state index contributed by atoms with van der Waals surface area (Å²) in [5.41, 5.74) is 0.679. The van der Waals surface area contributed by atoms with E-state index in [0.29, 0.717) is 5.65 Å². The number of anilines is 1. The second-order valence-electron chi connectivity index (χ2n) is 3.72. The summed E-state index contributed by atoms with van der Waals surface area (Å²) in [6.45, 7) is 3.11. The van der Waals surface area contributed by atoms with Crippen molar-refractivity contribution < 1.29 is 0 Å². The molecule has 0 unspecified atom stereocenters. The Balaban J connectivity index is 2.38. The molecular weight excluding hydrogens is 226 g/mol. The molecule has 0 amide bonds. The van der Waals surface area contributed by atoms with Crippen LogP contribution in [0.25, 0.3) is 11.0 Å². The first-order chi connectivity index (χ1) is 7.72. The number of unbranched alkanes of at least 4 members (excludes halogenated alkanes) is 1. The van der Waals surface area contributed by atoms with E-state index >= 15 is 0 Å². The van der Waals surface area contributed by atoms with Crippen LogP contribution in [0.4, 0.5) is 5.82 Å². The largest absolute Gasteiger partial charge is 0.359 e. The van der Waals surface area contributed by atoms with Gasteiger partial charge in [-0.15, -0.1) is 0 Å². The van der Waals surface area contributed by atoms with Gasteiger partial charge in [-0.25, -0.2) is 0 Å². The first-order valence-corrected chi connectivity index (χ1v) is 5.68. The van der Waals surface area contributed by atoms with E-state index in [2.05, 4.69) is 32.0 Å². The number of fused-ring (bicyclic) bond motifs is 1. The molecular formula is C10H14ClN5. The van der Waals surface area contributed by atoms with Crippen LogP contribution in [-0.4, -0.2) is 33.8 Å². The molecule has 6 heteroatoms. The van der Waals surface area contributed by atoms with Crippen LogP contribution in [0.1, 0.15) is 19.8 Å². The van der Waals surface area contributed by atoms with Gasteiger partial charge < -0.3 is 4.90 Å². The molecule has 0 saturated carbocycles. The molecule has 16 heavy (non-hydrogen) atoms. The number of H-pyrrole nitrogens is 1. The highest BCUT2D eigenvalue weighted by molar-refractivity contribution is 6.28. The molecule has 0 aliphatic heterocycles. The SMILES string of the molecule is CCCCN(C)c1nc(Cl)nc2[nH]ncc12. The van der Waals surface area contributed by atoms with Gasteiger partial charge >= 0.3 is 0 Å². The molecule has 0 saturated heterocycles. The van der Waals surface area contributed by atoms with Gasteiger partial charge in [-0.1, -0.05) is 13.3 Å². The molecule has 2 heterocycles. The quantitative estimate of drug-likeness (QED) is 0.832. The second kappa shape index (κ2) is 4.65. The van der Waals surface area contributed by atoms with Crippen LogP contribution >= 0.6 is 11.6 Å². The molecule has 0 aliphatic carbocycles. The van der Waals surface area contributed by atoms with Gasteiger partial charge in [0.05, 0.1) is 11.6 Å². The van der Waals surface area contributed by atoms with Crippen molar-refractivity contribution in [2.75, 3.05) is 18.5 Å². The van der Waals surface area contributed by atoms with Crippen LogP contribution in [0.2, 0.25) is 5.28 Å². The van der Waals surface area contributed by atoms with Gasteiger partial charge in [0.1, 0.15) is 5.82 Å². The van der Waals surface area contributed by atoms with Crippen molar-refractivity contribution in [3.8, 4) is 0 Å². The van der Waals surface area contributed by atoms with Gasteiger partial charge in [-0.05, 0) is 18.0 Å². The molecule has 0 bridgehead atoms. The normalized spacial score (nSPS) is 10.9. The first kappa shape index (κ1) is 11.1. The highest BCUT2D eigenvalue weighted by Crippen LogP contribution is 2.22. The number of hydrogen-bond donors (Lipinski definition) is 1. The molecule has 0 aliphatic rings. The molecule has 0 aromatic carbocycles. The van der Waals surface area contributed by atoms with Crippen LogP contribution in [0.3, 0.4) is 0 Å². The van der Waals surface area contributed by atoms with Gasteiger partial charge in [0.25, 0.3) is 0 Å². The minimum Gasteiger partial charge on any atom is -0.359 e. The molecule has 2 aromatic rings. The van der Waals surface area contributed by atoms with Crippen LogP contribution in [0.5, 0.6) is 0 Å². The average Bonchev–Trinajstić information content (AvgIpc) is 2.72. The van der Waals surface area contributed by atoms with Crippen LogP contribution in [0.15, 0.2) is 6.20 Å². The molecule has 0 radical (unpaired) electrons. The van der Waals surface area contributed by atoms with Crippen molar-refractivity contribution in [3.05, 3.63) is 11.5 Å². The fraction of sp³-hybridized carbons (Fsp3) is 0.500. The summed E-state index contributed by atoms with van der Waals surface area (Å²) in [5, 5.41) is 7.90. The van der Waals surface area contributed by atoms with E-state index in [4.69, 9.17) is 11.6 Å². The van der Waals surface area contributed by atoms with Crippen molar-refractivity contribution >= 4 is 28.5 Å². The lowest BCUT2D eigenvalue weighted by molar-refractivity contribution is 0.761. The lowest BCUT2D eigenvalue weighted by atomic mass is 10.3. The monoisotopic (exact) mass is 239 g/mol. The zero-order valence-corrected chi connectivity index (χ0v) is 10.1. The summed E-state index contributed by atoms with van der Waals surface area (Å²) in [4.78, 5) is 10.4. The smallest absolute Gasteiger partial charge is 0.226 e. The highest BCUT2D eigenvalue weighted by Gasteiger charge is 2.11. The first-order valence-electron chi connectivity index (χ1n) is 5.30. The van der Waals surface area contributed by atoms with Crippen molar-refractivity contribution in [1.29, 1.82) is 0 Å². The molecule has 2 aromatic heterocycles. The van der Waals surface area contributed by atoms with E-state index in [0.717, 1.165) is 30.6 Å². The van der Waals surface area contributed by atoms with E-state index in [-0.39, 0.29) is 5.28 Å². The van der Waals surface area contributed by atoms with Crippen LogP contribution < -0.4 is 4.90 Å². The minimum absolute atomic E-state index is 0.245. The Morgan fingerprint density at radius 2 is 2.25 bits per heavy atom. The number of aromatic amines is 1. The van der Waals surface area contributed by atoms with Crippen molar-refractivity contribution in [2.24, 2.45) is 0 Å². The lowest BCUT2D eigenvalue weighted by Gasteiger charge is -2.18. The van der Waals surface area contributed by atoms with Crippen molar-refractivity contribution in [3.63, 3.8) is 0 Å². The molecule has 0 spiro atoms. The summed E-state index contributed by atoms with van der Waals surface area (Å²) < 4.78 is 0. The van der Waals surface area contributed by atoms with Gasteiger partial charge in [0, 0.05) is 13.6 Å². The van der Waals surface area contributed by atoms with Gasteiger partial charge in [0.2, 0.25) is 5.28 Å². The number of rotatable bonds is 4. The Labute approximate surface area is 98.8 Å². The van der Waals surface area contributed by atoms with Gasteiger partial charge in [0.15, 0.2) is 5.65 Å². The fourth-order valence-corrected chi connectivity index (χ4v) is 1.75. The van der Waals surface area contributed by atoms with E-state index < -0.39 is 0 Å². The molecule has 86 valence electrons. The average molecular weight is 240 g/mol. The third-order valence-corrected chi connectivity index (χ3v) is 2.64. The summed E-state index contributed by atoms with van der Waals surface area (Å²) in [5.74, 6) is 0.831. The third-order valence-electron chi connectivity index (χ3n) is 2.47. The van der Waals surface area contributed by atoms with Gasteiger partial charge in [-0.2, -0.15) is 15.1 Å². The lowest BCUT2D eigenvalue weighted by Crippen LogP contribution is -2.20. The molecule has 0 atom stereocenters. The van der Waals surface area contributed by atoms with Crippen molar-refractivity contribution in [1.82, 2.24) is 20.2 Å². The summed E-state index contributed by atoms with van der Waals surface area (Å²) in [6.07, 6.45) is 4.00. The number of hydrogen-bond acceptors (Lipinski definition) is 4. The highest BCUT2D eigenvalue weighted by atomic mass is 35.5. The van der Waals surface area contributed by atoms with Gasteiger partial charge in [-0.3, -0.25) is 5.10 Å². The summed E-state index contributed by atoms with van der Waals surface area (Å²) >= 11 is 5.86. The van der Waals surface area contributed by atoms with E-state index in [1.54, 1.807) is 6.20 Å². The number of nitrogens with zero attached hydrogens (tertiary/aromatic N) is 4. The number of aromatic nitrogens is 4. The predicted octanol–water partition coefficient (Wildman–Crippen LogP) is 2.24. The Kier molecular flexibility index (Phi) is 3.24. The maximum atomic E-state index is 5.86. The van der Waals surface area contributed by atoms with Crippen LogP contribution in [0, 0.1) is 0 Å². The molecule has 1 N–H and O–H groups in total. The van der Waals surface area contributed by atoms with Crippen molar-refractivity contribution in [2.45, 2.75) is 19.8 Å². The Morgan fingerprint density at radius 3 is 3.00 bits per heavy atom. The van der Waals surface area contributed by atoms with E-state index in [1.165, 1.54) is 0 Å². The van der Waals surface area contributed by atoms with Crippen LogP contribution in [-0.2, 0) is 0 Å². The second-order valence-corrected chi connectivity index (χ2v) is 4.06. The molecule has 2 rings (SSSR count). The zero-order chi connectivity index (χ0) is 11.5. The predicted molar refractivity (Wildman–Crippen MR) is 64.9 cm³/mol. The summed E-state index contributed by atoms with van der Waals surface area (Å²) in [7, 11) is 2.00. The molecule has 5 nitrogen and oxygen atoms in total. The maximum Gasteiger partial charge on any atom is 0.226 e. The Morgan fingerprint density at radius 1 is 1.44 bits per heavy atom. The summed E-state index contributed by atoms with van der Waals surface area (Å²) in [6, 6.07) is 0. The Hall–Kier alpha value is -1.36. The standard InChI is InChI=1S/C10H14ClN5/c1-3-4-5-16(2)9-7-6-12-15-8(7)13-10(11)14-9/h6H,3-5H2,1-2H3,(H,12,13,14,15). The third kappa shape index (κ3) is 2.09. The molecule has 0 fully saturated rings. The topological polar surface area (TPSA) is 57.7 Å².